The van der Waals surface area contributed by atoms with E-state index in [1.54, 1.807) is 29.8 Å². The number of carbonyl (C=O) groups excluding carboxylic acids is 4. The van der Waals surface area contributed by atoms with E-state index in [-0.39, 0.29) is 38.0 Å². The standard InChI is InChI=1S/C45H70N4O6/c1-29(2)8-6-9-30(3)39-18-19-40-38-16-12-33-26-35(15-17-36(33)37(38)22-23-45(39,40)5)55-25-7-24-46-41(51)20-21-42(52)48-31(4)44(54)47-27-43(53)49-34-13-10-32(28-50)11-14-34/h10-14,29-31,35-40,50H,6-9,15-28H2,1-5H3,(H,46,51)(H,47,54)(H,48,52)(H,49,53)/t30?,31?,35-,36?,37?,38?,39?,40?,45+/m0/s1. The Morgan fingerprint density at radius 2 is 1.64 bits per heavy atom. The van der Waals surface area contributed by atoms with Gasteiger partial charge in [0, 0.05) is 31.7 Å². The molecule has 10 heteroatoms. The molecule has 3 saturated carbocycles. The van der Waals surface area contributed by atoms with Crippen LogP contribution < -0.4 is 21.3 Å². The third kappa shape index (κ3) is 11.7. The van der Waals surface area contributed by atoms with Gasteiger partial charge in [0.05, 0.1) is 19.3 Å². The van der Waals surface area contributed by atoms with Crippen LogP contribution in [0.5, 0.6) is 0 Å². The van der Waals surface area contributed by atoms with Gasteiger partial charge in [0.2, 0.25) is 23.6 Å². The summed E-state index contributed by atoms with van der Waals surface area (Å²) in [5.41, 5.74) is 3.45. The molecule has 5 N–H and O–H groups in total. The number of aliphatic hydroxyl groups is 1. The monoisotopic (exact) mass is 763 g/mol. The molecule has 0 aliphatic heterocycles. The number of hydrogen-bond acceptors (Lipinski definition) is 6. The second-order valence-corrected chi connectivity index (χ2v) is 18.0. The summed E-state index contributed by atoms with van der Waals surface area (Å²) < 4.78 is 6.33. The number of anilines is 1. The van der Waals surface area contributed by atoms with Gasteiger partial charge in [0.25, 0.3) is 0 Å². The molecule has 4 amide bonds. The lowest BCUT2D eigenvalue weighted by Gasteiger charge is -2.54. The molecular weight excluding hydrogens is 693 g/mol. The van der Waals surface area contributed by atoms with Gasteiger partial charge >= 0.3 is 0 Å². The molecule has 4 aliphatic carbocycles. The molecule has 0 saturated heterocycles. The average Bonchev–Trinajstić information content (AvgIpc) is 3.53. The topological polar surface area (TPSA) is 146 Å². The minimum atomic E-state index is -0.859. The molecule has 5 rings (SSSR count). The van der Waals surface area contributed by atoms with Crippen molar-refractivity contribution in [1.29, 1.82) is 0 Å². The molecule has 1 aromatic carbocycles. The summed E-state index contributed by atoms with van der Waals surface area (Å²) in [6.07, 6.45) is 18.1. The van der Waals surface area contributed by atoms with Gasteiger partial charge in [-0.15, -0.1) is 0 Å². The Bertz CT molecular complexity index is 1480. The molecule has 0 heterocycles. The van der Waals surface area contributed by atoms with Crippen molar-refractivity contribution in [3.8, 4) is 0 Å². The second-order valence-electron chi connectivity index (χ2n) is 18.0. The predicted octanol–water partition coefficient (Wildman–Crippen LogP) is 7.06. The molecule has 55 heavy (non-hydrogen) atoms. The Morgan fingerprint density at radius 1 is 0.873 bits per heavy atom. The van der Waals surface area contributed by atoms with Gasteiger partial charge in [-0.25, -0.2) is 0 Å². The molecule has 4 aliphatic rings. The minimum Gasteiger partial charge on any atom is -0.392 e. The van der Waals surface area contributed by atoms with Crippen LogP contribution in [0.25, 0.3) is 0 Å². The van der Waals surface area contributed by atoms with Crippen molar-refractivity contribution in [1.82, 2.24) is 16.0 Å². The normalized spacial score (nSPS) is 28.2. The molecule has 0 bridgehead atoms. The Balaban J connectivity index is 0.927. The highest BCUT2D eigenvalue weighted by Gasteiger charge is 2.56. The highest BCUT2D eigenvalue weighted by atomic mass is 16.5. The molecule has 10 nitrogen and oxygen atoms in total. The van der Waals surface area contributed by atoms with E-state index in [0.29, 0.717) is 24.3 Å². The first-order chi connectivity index (χ1) is 26.4. The van der Waals surface area contributed by atoms with Crippen molar-refractivity contribution >= 4 is 29.3 Å². The van der Waals surface area contributed by atoms with Crippen molar-refractivity contribution in [3.63, 3.8) is 0 Å². The van der Waals surface area contributed by atoms with Gasteiger partial charge in [0.1, 0.15) is 6.04 Å². The van der Waals surface area contributed by atoms with E-state index in [0.717, 1.165) is 66.3 Å². The van der Waals surface area contributed by atoms with Crippen LogP contribution in [0, 0.1) is 46.8 Å². The summed E-state index contributed by atoms with van der Waals surface area (Å²) in [5, 5.41) is 19.8. The van der Waals surface area contributed by atoms with Gasteiger partial charge in [-0.2, -0.15) is 0 Å². The molecule has 3 fully saturated rings. The van der Waals surface area contributed by atoms with Gasteiger partial charge in [-0.3, -0.25) is 19.2 Å². The van der Waals surface area contributed by atoms with E-state index in [4.69, 9.17) is 9.84 Å². The summed E-state index contributed by atoms with van der Waals surface area (Å²) in [6, 6.07) is 5.84. The Kier molecular flexibility index (Phi) is 15.8. The maximum atomic E-state index is 12.4. The lowest BCUT2D eigenvalue weighted by Crippen LogP contribution is -2.47. The van der Waals surface area contributed by atoms with E-state index in [2.05, 4.69) is 55.0 Å². The van der Waals surface area contributed by atoms with Crippen molar-refractivity contribution < 1.29 is 29.0 Å². The van der Waals surface area contributed by atoms with Crippen LogP contribution in [0.1, 0.15) is 130 Å². The van der Waals surface area contributed by atoms with Crippen molar-refractivity contribution in [2.45, 2.75) is 143 Å². The Morgan fingerprint density at radius 3 is 2.38 bits per heavy atom. The molecule has 1 aromatic rings. The first-order valence-electron chi connectivity index (χ1n) is 21.5. The number of hydrogen-bond donors (Lipinski definition) is 5. The predicted molar refractivity (Wildman–Crippen MR) is 217 cm³/mol. The molecule has 0 radical (unpaired) electrons. The fraction of sp³-hybridized carbons (Fsp3) is 0.733. The smallest absolute Gasteiger partial charge is 0.243 e. The molecule has 306 valence electrons. The summed E-state index contributed by atoms with van der Waals surface area (Å²) in [4.78, 5) is 49.3. The minimum absolute atomic E-state index is 0.0246. The van der Waals surface area contributed by atoms with E-state index in [9.17, 15) is 19.2 Å². The van der Waals surface area contributed by atoms with E-state index in [1.807, 2.05) is 0 Å². The number of nitrogens with one attached hydrogen (secondary N) is 4. The fourth-order valence-corrected chi connectivity index (χ4v) is 10.9. The van der Waals surface area contributed by atoms with E-state index < -0.39 is 23.8 Å². The summed E-state index contributed by atoms with van der Waals surface area (Å²) in [5.74, 6) is 4.38. The van der Waals surface area contributed by atoms with Gasteiger partial charge in [-0.05, 0) is 129 Å². The number of carbonyl (C=O) groups is 4. The third-order valence-corrected chi connectivity index (χ3v) is 13.8. The van der Waals surface area contributed by atoms with Gasteiger partial charge in [-0.1, -0.05) is 70.7 Å². The molecule has 7 unspecified atom stereocenters. The molecule has 0 spiro atoms. The first kappa shape index (κ1) is 42.9. The highest BCUT2D eigenvalue weighted by molar-refractivity contribution is 5.96. The van der Waals surface area contributed by atoms with Crippen LogP contribution in [0.4, 0.5) is 5.69 Å². The first-order valence-corrected chi connectivity index (χ1v) is 21.5. The van der Waals surface area contributed by atoms with Crippen molar-refractivity contribution in [2.24, 2.45) is 46.8 Å². The molecular formula is C45H70N4O6. The van der Waals surface area contributed by atoms with Crippen molar-refractivity contribution in [3.05, 3.63) is 41.5 Å². The van der Waals surface area contributed by atoms with Crippen LogP contribution in [0.3, 0.4) is 0 Å². The lowest BCUT2D eigenvalue weighted by molar-refractivity contribution is -0.130. The van der Waals surface area contributed by atoms with Crippen LogP contribution in [-0.2, 0) is 30.5 Å². The van der Waals surface area contributed by atoms with Crippen LogP contribution >= 0.6 is 0 Å². The zero-order chi connectivity index (χ0) is 39.5. The Hall–Kier alpha value is -3.24. The average molecular weight is 763 g/mol. The second kappa shape index (κ2) is 20.3. The largest absolute Gasteiger partial charge is 0.392 e. The number of rotatable bonds is 19. The number of amides is 4. The van der Waals surface area contributed by atoms with Crippen molar-refractivity contribution in [2.75, 3.05) is 25.0 Å². The van der Waals surface area contributed by atoms with Crippen LogP contribution in [0.2, 0.25) is 0 Å². The summed E-state index contributed by atoms with van der Waals surface area (Å²) in [6.45, 7) is 12.2. The zero-order valence-electron chi connectivity index (χ0n) is 34.3. The number of fused-ring (bicyclic) bond motifs is 5. The van der Waals surface area contributed by atoms with Gasteiger partial charge in [0.15, 0.2) is 0 Å². The fourth-order valence-electron chi connectivity index (χ4n) is 10.9. The summed E-state index contributed by atoms with van der Waals surface area (Å²) in [7, 11) is 0. The number of ether oxygens (including phenoxy) is 1. The quantitative estimate of drug-likeness (QED) is 0.0754. The lowest BCUT2D eigenvalue weighted by atomic mass is 9.51. The highest BCUT2D eigenvalue weighted by Crippen LogP contribution is 2.64. The van der Waals surface area contributed by atoms with Crippen LogP contribution in [0.15, 0.2) is 35.9 Å². The van der Waals surface area contributed by atoms with E-state index in [1.165, 1.54) is 64.7 Å². The third-order valence-electron chi connectivity index (χ3n) is 13.8. The number of allylic oxidation sites excluding steroid dienone is 1. The molecule has 9 atom stereocenters. The number of benzene rings is 1. The number of aliphatic hydroxyl groups excluding tert-OH is 1. The maximum Gasteiger partial charge on any atom is 0.243 e. The Labute approximate surface area is 330 Å². The maximum absolute atomic E-state index is 12.4. The molecule has 0 aromatic heterocycles. The zero-order valence-corrected chi connectivity index (χ0v) is 34.3. The van der Waals surface area contributed by atoms with Crippen LogP contribution in [-0.4, -0.2) is 60.6 Å². The van der Waals surface area contributed by atoms with Gasteiger partial charge < -0.3 is 31.1 Å². The summed E-state index contributed by atoms with van der Waals surface area (Å²) >= 11 is 0. The van der Waals surface area contributed by atoms with E-state index >= 15 is 0 Å². The SMILES string of the molecule is CC(C)CCCC(C)C1CCC2C3CC=C4C[C@@H](OCCCNC(=O)CCC(=O)NC(C)C(=O)NCC(=O)Nc5ccc(CO)cc5)CCC4C3CC[C@]12C.